The highest BCUT2D eigenvalue weighted by Crippen LogP contribution is 2.55. The van der Waals surface area contributed by atoms with Crippen molar-refractivity contribution in [3.8, 4) is 0 Å². The van der Waals surface area contributed by atoms with Gasteiger partial charge in [0, 0.05) is 19.0 Å². The Hall–Kier alpha value is -0.530. The summed E-state index contributed by atoms with van der Waals surface area (Å²) in [5.74, 6) is 4.44. The lowest BCUT2D eigenvalue weighted by atomic mass is 9.54. The quantitative estimate of drug-likeness (QED) is 0.736. The fourth-order valence-corrected chi connectivity index (χ4v) is 6.26. The molecule has 0 aromatic carbocycles. The van der Waals surface area contributed by atoms with E-state index in [1.165, 1.54) is 57.8 Å². The van der Waals surface area contributed by atoms with Gasteiger partial charge >= 0.3 is 0 Å². The normalized spacial score (nSPS) is 43.2. The van der Waals surface area contributed by atoms with Gasteiger partial charge in [0.2, 0.25) is 5.91 Å². The Bertz CT molecular complexity index is 431. The van der Waals surface area contributed by atoms with Crippen LogP contribution in [0.1, 0.15) is 71.6 Å². The summed E-state index contributed by atoms with van der Waals surface area (Å²) >= 11 is 0. The average molecular weight is 303 g/mol. The molecule has 2 heteroatoms. The number of fused-ring (bicyclic) bond motifs is 2. The molecular formula is C20H33NO. The SMILES string of the molecule is CCC1(C)CCN(C(=O)C2CC3CC4CCC2C(C4)C3)CC1. The fourth-order valence-electron chi connectivity index (χ4n) is 6.26. The molecular weight excluding hydrogens is 270 g/mol. The first-order chi connectivity index (χ1) is 10.6. The summed E-state index contributed by atoms with van der Waals surface area (Å²) < 4.78 is 0. The number of nitrogens with zero attached hydrogens (tertiary/aromatic N) is 1. The number of hydrogen-bond donors (Lipinski definition) is 0. The molecule has 1 amide bonds. The molecule has 0 aromatic heterocycles. The summed E-state index contributed by atoms with van der Waals surface area (Å²) in [5.41, 5.74) is 0.484. The zero-order valence-corrected chi connectivity index (χ0v) is 14.5. The van der Waals surface area contributed by atoms with Crippen molar-refractivity contribution in [1.82, 2.24) is 4.90 Å². The second-order valence-electron chi connectivity index (χ2n) is 9.27. The van der Waals surface area contributed by atoms with Gasteiger partial charge in [-0.2, -0.15) is 0 Å². The first-order valence-corrected chi connectivity index (χ1v) is 9.87. The zero-order valence-electron chi connectivity index (χ0n) is 14.5. The number of amides is 1. The zero-order chi connectivity index (χ0) is 15.3. The molecule has 5 unspecified atom stereocenters. The monoisotopic (exact) mass is 303 g/mol. The third-order valence-electron chi connectivity index (χ3n) is 8.01. The fraction of sp³-hybridized carbons (Fsp3) is 0.950. The van der Waals surface area contributed by atoms with Crippen molar-refractivity contribution in [2.45, 2.75) is 71.6 Å². The maximum atomic E-state index is 13.2. The van der Waals surface area contributed by atoms with Crippen LogP contribution in [0, 0.1) is 35.0 Å². The first-order valence-electron chi connectivity index (χ1n) is 9.87. The molecule has 5 atom stereocenters. The lowest BCUT2D eigenvalue weighted by Crippen LogP contribution is -2.51. The Morgan fingerprint density at radius 3 is 2.50 bits per heavy atom. The van der Waals surface area contributed by atoms with E-state index in [2.05, 4.69) is 18.7 Å². The predicted octanol–water partition coefficient (Wildman–Crippen LogP) is 4.49. The molecule has 0 aromatic rings. The number of hydrogen-bond acceptors (Lipinski definition) is 1. The van der Waals surface area contributed by atoms with E-state index in [0.717, 1.165) is 36.8 Å². The summed E-state index contributed by atoms with van der Waals surface area (Å²) in [4.78, 5) is 15.4. The Morgan fingerprint density at radius 1 is 1.05 bits per heavy atom. The van der Waals surface area contributed by atoms with Crippen LogP contribution in [0.15, 0.2) is 0 Å². The molecule has 0 spiro atoms. The Morgan fingerprint density at radius 2 is 1.77 bits per heavy atom. The smallest absolute Gasteiger partial charge is 0.225 e. The van der Waals surface area contributed by atoms with Gasteiger partial charge in [0.25, 0.3) is 0 Å². The van der Waals surface area contributed by atoms with E-state index in [0.29, 0.717) is 17.2 Å². The third kappa shape index (κ3) is 2.51. The van der Waals surface area contributed by atoms with Crippen LogP contribution in [0.4, 0.5) is 0 Å². The second kappa shape index (κ2) is 5.53. The Kier molecular flexibility index (Phi) is 3.77. The van der Waals surface area contributed by atoms with Gasteiger partial charge in [-0.05, 0) is 74.0 Å². The molecule has 2 nitrogen and oxygen atoms in total. The van der Waals surface area contributed by atoms with E-state index < -0.39 is 0 Å². The van der Waals surface area contributed by atoms with Crippen LogP contribution in [-0.4, -0.2) is 23.9 Å². The average Bonchev–Trinajstić information content (AvgIpc) is 2.52. The van der Waals surface area contributed by atoms with Crippen molar-refractivity contribution >= 4 is 5.91 Å². The minimum atomic E-state index is 0.385. The van der Waals surface area contributed by atoms with E-state index in [4.69, 9.17) is 0 Å². The van der Waals surface area contributed by atoms with Gasteiger partial charge in [-0.1, -0.05) is 26.7 Å². The van der Waals surface area contributed by atoms with Gasteiger partial charge in [-0.3, -0.25) is 4.79 Å². The minimum Gasteiger partial charge on any atom is -0.342 e. The lowest BCUT2D eigenvalue weighted by molar-refractivity contribution is -0.146. The molecule has 22 heavy (non-hydrogen) atoms. The third-order valence-corrected chi connectivity index (χ3v) is 8.01. The minimum absolute atomic E-state index is 0.385. The van der Waals surface area contributed by atoms with E-state index in [1.807, 2.05) is 0 Å². The highest BCUT2D eigenvalue weighted by Gasteiger charge is 2.49. The molecule has 4 rings (SSSR count). The standard InChI is InChI=1S/C20H33NO/c1-3-20(2)6-8-21(9-7-20)19(22)18-13-15-10-14-4-5-17(18)16(11-14)12-15/h14-18H,3-13H2,1-2H3. The summed E-state index contributed by atoms with van der Waals surface area (Å²) in [5, 5.41) is 0. The van der Waals surface area contributed by atoms with Gasteiger partial charge < -0.3 is 4.90 Å². The molecule has 124 valence electrons. The van der Waals surface area contributed by atoms with Crippen LogP contribution in [0.3, 0.4) is 0 Å². The van der Waals surface area contributed by atoms with Crippen LogP contribution < -0.4 is 0 Å². The van der Waals surface area contributed by atoms with E-state index in [9.17, 15) is 4.79 Å². The van der Waals surface area contributed by atoms with Crippen LogP contribution in [0.2, 0.25) is 0 Å². The summed E-state index contributed by atoms with van der Waals surface area (Å²) in [6.07, 6.45) is 12.0. The van der Waals surface area contributed by atoms with Crippen molar-refractivity contribution in [3.05, 3.63) is 0 Å². The topological polar surface area (TPSA) is 20.3 Å². The van der Waals surface area contributed by atoms with Crippen LogP contribution in [-0.2, 0) is 4.79 Å². The van der Waals surface area contributed by atoms with Gasteiger partial charge in [-0.15, -0.1) is 0 Å². The highest BCUT2D eigenvalue weighted by molar-refractivity contribution is 5.79. The van der Waals surface area contributed by atoms with Crippen molar-refractivity contribution in [2.75, 3.05) is 13.1 Å². The summed E-state index contributed by atoms with van der Waals surface area (Å²) in [6, 6.07) is 0. The second-order valence-corrected chi connectivity index (χ2v) is 9.27. The van der Waals surface area contributed by atoms with Crippen LogP contribution in [0.5, 0.6) is 0 Å². The van der Waals surface area contributed by atoms with E-state index >= 15 is 0 Å². The number of piperidine rings is 1. The number of likely N-dealkylation sites (tertiary alicyclic amines) is 1. The molecule has 0 N–H and O–H groups in total. The molecule has 4 fully saturated rings. The van der Waals surface area contributed by atoms with Crippen molar-refractivity contribution in [2.24, 2.45) is 35.0 Å². The van der Waals surface area contributed by atoms with Gasteiger partial charge in [-0.25, -0.2) is 0 Å². The van der Waals surface area contributed by atoms with E-state index in [1.54, 1.807) is 0 Å². The number of rotatable bonds is 2. The van der Waals surface area contributed by atoms with Crippen molar-refractivity contribution in [3.63, 3.8) is 0 Å². The Labute approximate surface area is 136 Å². The summed E-state index contributed by atoms with van der Waals surface area (Å²) in [7, 11) is 0. The van der Waals surface area contributed by atoms with Gasteiger partial charge in [0.15, 0.2) is 0 Å². The number of carbonyl (C=O) groups is 1. The molecule has 1 saturated heterocycles. The first kappa shape index (κ1) is 15.0. The molecule has 3 saturated carbocycles. The Balaban J connectivity index is 1.44. The van der Waals surface area contributed by atoms with Crippen molar-refractivity contribution < 1.29 is 4.79 Å². The number of carbonyl (C=O) groups excluding carboxylic acids is 1. The van der Waals surface area contributed by atoms with Crippen molar-refractivity contribution in [1.29, 1.82) is 0 Å². The molecule has 4 aliphatic rings. The maximum absolute atomic E-state index is 13.2. The lowest BCUT2D eigenvalue weighted by Gasteiger charge is -2.52. The summed E-state index contributed by atoms with van der Waals surface area (Å²) in [6.45, 7) is 6.74. The highest BCUT2D eigenvalue weighted by atomic mass is 16.2. The van der Waals surface area contributed by atoms with Gasteiger partial charge in [0.1, 0.15) is 0 Å². The molecule has 3 bridgehead atoms. The van der Waals surface area contributed by atoms with Crippen LogP contribution in [0.25, 0.3) is 0 Å². The van der Waals surface area contributed by atoms with Gasteiger partial charge in [0.05, 0.1) is 0 Å². The molecule has 0 radical (unpaired) electrons. The van der Waals surface area contributed by atoms with Crippen LogP contribution >= 0.6 is 0 Å². The molecule has 1 aliphatic heterocycles. The largest absolute Gasteiger partial charge is 0.342 e. The molecule has 3 aliphatic carbocycles. The predicted molar refractivity (Wildman–Crippen MR) is 89.4 cm³/mol. The molecule has 1 heterocycles. The van der Waals surface area contributed by atoms with E-state index in [-0.39, 0.29) is 0 Å². The maximum Gasteiger partial charge on any atom is 0.225 e.